The van der Waals surface area contributed by atoms with Crippen LogP contribution >= 0.6 is 11.3 Å². The quantitative estimate of drug-likeness (QED) is 0.322. The molecule has 38 heavy (non-hydrogen) atoms. The van der Waals surface area contributed by atoms with Crippen molar-refractivity contribution < 1.29 is 35.5 Å². The second-order valence-corrected chi connectivity index (χ2v) is 11.3. The molecule has 3 heterocycles. The zero-order chi connectivity index (χ0) is 27.5. The number of rotatable bonds is 9. The van der Waals surface area contributed by atoms with Crippen molar-refractivity contribution in [2.45, 2.75) is 31.7 Å². The molecular formula is C22H24F4N6O4S2. The van der Waals surface area contributed by atoms with Gasteiger partial charge in [-0.1, -0.05) is 0 Å². The third kappa shape index (κ3) is 7.41. The van der Waals surface area contributed by atoms with E-state index < -0.39 is 28.1 Å². The van der Waals surface area contributed by atoms with Gasteiger partial charge in [-0.15, -0.1) is 11.3 Å². The number of nitrogens with zero attached hydrogens (tertiary/aromatic N) is 3. The first kappa shape index (κ1) is 27.8. The number of aromatic nitrogens is 3. The van der Waals surface area contributed by atoms with Gasteiger partial charge in [-0.25, -0.2) is 27.8 Å². The van der Waals surface area contributed by atoms with Gasteiger partial charge in [0.05, 0.1) is 23.5 Å². The Bertz CT molecular complexity index is 1390. The van der Waals surface area contributed by atoms with Gasteiger partial charge in [0, 0.05) is 37.8 Å². The second-order valence-electron chi connectivity index (χ2n) is 8.41. The number of sulfonamides is 1. The Labute approximate surface area is 219 Å². The summed E-state index contributed by atoms with van der Waals surface area (Å²) < 4.78 is 88.1. The molecule has 10 nitrogen and oxygen atoms in total. The molecule has 1 aromatic carbocycles. The van der Waals surface area contributed by atoms with Crippen molar-refractivity contribution in [2.24, 2.45) is 0 Å². The molecule has 3 N–H and O–H groups in total. The van der Waals surface area contributed by atoms with E-state index in [2.05, 4.69) is 25.6 Å². The number of thiazole rings is 1. The van der Waals surface area contributed by atoms with E-state index in [9.17, 15) is 26.0 Å². The van der Waals surface area contributed by atoms with Gasteiger partial charge < -0.3 is 20.1 Å². The van der Waals surface area contributed by atoms with E-state index in [0.29, 0.717) is 41.0 Å². The number of methoxy groups -OCH3 is 1. The van der Waals surface area contributed by atoms with Crippen molar-refractivity contribution in [2.75, 3.05) is 36.0 Å². The lowest BCUT2D eigenvalue weighted by Crippen LogP contribution is -2.44. The molecule has 1 aliphatic rings. The van der Waals surface area contributed by atoms with Gasteiger partial charge in [0.1, 0.15) is 11.0 Å². The molecule has 0 unspecified atom stereocenters. The average Bonchev–Trinajstić information content (AvgIpc) is 3.18. The molecule has 1 saturated heterocycles. The molecule has 0 radical (unpaired) electrons. The number of halogens is 4. The third-order valence-corrected chi connectivity index (χ3v) is 7.45. The van der Waals surface area contributed by atoms with E-state index in [1.54, 1.807) is 19.2 Å². The number of nitrogens with one attached hydrogen (secondary N) is 3. The predicted molar refractivity (Wildman–Crippen MR) is 134 cm³/mol. The molecule has 206 valence electrons. The molecule has 2 aromatic heterocycles. The standard InChI is InChI=1S/C22H24F4N6O4S2/c1-12-29-20(19(37-12)16-5-6-28-21(31-16)30-15-7-13(23)9-27-10-15)36-17-4-3-14(8-18(17)35-2)32-38(33,34)11-22(24,25)26/h3-6,8,13,15,27,32H,7,9-11H2,1-2H3,(H,28,30,31)/t13-,15-/m0/s1. The number of alkyl halides is 4. The number of ether oxygens (including phenoxy) is 2. The van der Waals surface area contributed by atoms with Crippen molar-refractivity contribution in [1.29, 1.82) is 0 Å². The molecule has 2 atom stereocenters. The first-order chi connectivity index (χ1) is 17.9. The predicted octanol–water partition coefficient (Wildman–Crippen LogP) is 4.13. The minimum atomic E-state index is -4.89. The first-order valence-electron chi connectivity index (χ1n) is 11.3. The maximum atomic E-state index is 13.7. The molecule has 4 rings (SSSR count). The van der Waals surface area contributed by atoms with Gasteiger partial charge in [-0.2, -0.15) is 13.2 Å². The summed E-state index contributed by atoms with van der Waals surface area (Å²) >= 11 is 1.31. The lowest BCUT2D eigenvalue weighted by atomic mass is 10.1. The van der Waals surface area contributed by atoms with Crippen molar-refractivity contribution in [3.8, 4) is 28.0 Å². The highest BCUT2D eigenvalue weighted by atomic mass is 32.2. The van der Waals surface area contributed by atoms with Crippen LogP contribution in [0.5, 0.6) is 17.4 Å². The minimum Gasteiger partial charge on any atom is -0.493 e. The van der Waals surface area contributed by atoms with Gasteiger partial charge in [-0.05, 0) is 25.1 Å². The van der Waals surface area contributed by atoms with Gasteiger partial charge in [-0.3, -0.25) is 4.72 Å². The van der Waals surface area contributed by atoms with Gasteiger partial charge >= 0.3 is 6.18 Å². The Hall–Kier alpha value is -3.24. The van der Waals surface area contributed by atoms with E-state index in [0.717, 1.165) is 0 Å². The highest BCUT2D eigenvalue weighted by molar-refractivity contribution is 7.92. The average molecular weight is 577 g/mol. The number of hydrogen-bond acceptors (Lipinski definition) is 10. The van der Waals surface area contributed by atoms with Crippen molar-refractivity contribution in [1.82, 2.24) is 20.3 Å². The van der Waals surface area contributed by atoms with Crippen LogP contribution in [0.2, 0.25) is 0 Å². The van der Waals surface area contributed by atoms with Crippen molar-refractivity contribution in [3.05, 3.63) is 35.5 Å². The van der Waals surface area contributed by atoms with Crippen LogP contribution in [0.25, 0.3) is 10.6 Å². The van der Waals surface area contributed by atoms with E-state index in [4.69, 9.17) is 9.47 Å². The van der Waals surface area contributed by atoms with E-state index in [1.807, 2.05) is 4.72 Å². The SMILES string of the molecule is COc1cc(NS(=O)(=O)CC(F)(F)F)ccc1Oc1nc(C)sc1-c1ccnc(N[C@@H]2CNC[C@@H](F)C2)n1. The second kappa shape index (κ2) is 11.2. The molecule has 1 aliphatic heterocycles. The summed E-state index contributed by atoms with van der Waals surface area (Å²) in [7, 11) is -3.37. The molecule has 0 spiro atoms. The zero-order valence-corrected chi connectivity index (χ0v) is 21.8. The summed E-state index contributed by atoms with van der Waals surface area (Å²) in [6, 6.07) is 5.28. The summed E-state index contributed by atoms with van der Waals surface area (Å²) in [5.41, 5.74) is 0.367. The number of benzene rings is 1. The number of anilines is 2. The third-order valence-electron chi connectivity index (χ3n) is 5.22. The summed E-state index contributed by atoms with van der Waals surface area (Å²) in [6.45, 7) is 2.65. The van der Waals surface area contributed by atoms with Crippen molar-refractivity contribution >= 4 is 33.0 Å². The van der Waals surface area contributed by atoms with Gasteiger partial charge in [0.2, 0.25) is 21.9 Å². The maximum Gasteiger partial charge on any atom is 0.404 e. The Balaban J connectivity index is 1.55. The Morgan fingerprint density at radius 3 is 2.68 bits per heavy atom. The molecule has 0 bridgehead atoms. The molecule has 0 amide bonds. The first-order valence-corrected chi connectivity index (χ1v) is 13.7. The van der Waals surface area contributed by atoms with E-state index in [-0.39, 0.29) is 29.1 Å². The summed E-state index contributed by atoms with van der Waals surface area (Å²) in [5, 5.41) is 6.80. The van der Waals surface area contributed by atoms with Crippen LogP contribution in [0, 0.1) is 6.92 Å². The smallest absolute Gasteiger partial charge is 0.404 e. The van der Waals surface area contributed by atoms with Crippen LogP contribution in [0.15, 0.2) is 30.5 Å². The topological polar surface area (TPSA) is 127 Å². The normalized spacial score (nSPS) is 18.2. The van der Waals surface area contributed by atoms with Crippen LogP contribution in [-0.2, 0) is 10.0 Å². The number of hydrogen-bond donors (Lipinski definition) is 3. The highest BCUT2D eigenvalue weighted by Crippen LogP contribution is 2.40. The van der Waals surface area contributed by atoms with Crippen molar-refractivity contribution in [3.63, 3.8) is 0 Å². The molecule has 0 saturated carbocycles. The van der Waals surface area contributed by atoms with Crippen LogP contribution < -0.4 is 24.8 Å². The monoisotopic (exact) mass is 576 g/mol. The van der Waals surface area contributed by atoms with Crippen LogP contribution in [-0.4, -0.2) is 67.7 Å². The van der Waals surface area contributed by atoms with Crippen LogP contribution in [0.1, 0.15) is 11.4 Å². The Kier molecular flexibility index (Phi) is 8.22. The van der Waals surface area contributed by atoms with E-state index in [1.165, 1.54) is 36.6 Å². The molecule has 1 fully saturated rings. The molecular weight excluding hydrogens is 552 g/mol. The molecule has 0 aliphatic carbocycles. The summed E-state index contributed by atoms with van der Waals surface area (Å²) in [5.74, 6) is -1.32. The lowest BCUT2D eigenvalue weighted by molar-refractivity contribution is -0.106. The molecule has 3 aromatic rings. The fourth-order valence-electron chi connectivity index (χ4n) is 3.73. The summed E-state index contributed by atoms with van der Waals surface area (Å²) in [4.78, 5) is 13.7. The Morgan fingerprint density at radius 2 is 1.97 bits per heavy atom. The zero-order valence-electron chi connectivity index (χ0n) is 20.2. The highest BCUT2D eigenvalue weighted by Gasteiger charge is 2.35. The van der Waals surface area contributed by atoms with Crippen LogP contribution in [0.3, 0.4) is 0 Å². The van der Waals surface area contributed by atoms with Gasteiger partial charge in [0.15, 0.2) is 17.3 Å². The molecule has 16 heteroatoms. The Morgan fingerprint density at radius 1 is 1.18 bits per heavy atom. The summed E-state index contributed by atoms with van der Waals surface area (Å²) in [6.07, 6.45) is -3.97. The maximum absolute atomic E-state index is 13.7. The van der Waals surface area contributed by atoms with Gasteiger partial charge in [0.25, 0.3) is 0 Å². The van der Waals surface area contributed by atoms with E-state index >= 15 is 0 Å². The lowest BCUT2D eigenvalue weighted by Gasteiger charge is -2.26. The largest absolute Gasteiger partial charge is 0.493 e. The fourth-order valence-corrected chi connectivity index (χ4v) is 5.53. The number of piperidine rings is 1. The van der Waals surface area contributed by atoms with Crippen LogP contribution in [0.4, 0.5) is 29.2 Å². The minimum absolute atomic E-state index is 0.0597. The number of aryl methyl sites for hydroxylation is 1. The fraction of sp³-hybridized carbons (Fsp3) is 0.409.